The van der Waals surface area contributed by atoms with Crippen molar-refractivity contribution in [1.29, 1.82) is 0 Å². The number of amides is 1. The number of rotatable bonds is 4. The Morgan fingerprint density at radius 2 is 2.05 bits per heavy atom. The molecule has 1 aliphatic rings. The Hall–Kier alpha value is -1.03. The first-order valence-electron chi connectivity index (χ1n) is 6.93. The van der Waals surface area contributed by atoms with Gasteiger partial charge in [-0.15, -0.1) is 12.6 Å². The quantitative estimate of drug-likeness (QED) is 0.807. The van der Waals surface area contributed by atoms with Gasteiger partial charge in [-0.25, -0.2) is 4.39 Å². The van der Waals surface area contributed by atoms with Gasteiger partial charge in [-0.3, -0.25) is 4.79 Å². The third-order valence-electron chi connectivity index (χ3n) is 3.76. The number of carbonyl (C=O) groups is 1. The molecule has 1 fully saturated rings. The highest BCUT2D eigenvalue weighted by Crippen LogP contribution is 2.25. The lowest BCUT2D eigenvalue weighted by Crippen LogP contribution is -2.27. The summed E-state index contributed by atoms with van der Waals surface area (Å²) < 4.78 is 13.5. The monoisotopic (exact) mass is 281 g/mol. The number of carbonyl (C=O) groups excluding carboxylic acids is 1. The zero-order valence-corrected chi connectivity index (χ0v) is 11.9. The Morgan fingerprint density at radius 1 is 1.32 bits per heavy atom. The van der Waals surface area contributed by atoms with Crippen LogP contribution < -0.4 is 5.32 Å². The van der Waals surface area contributed by atoms with Crippen LogP contribution in [-0.4, -0.2) is 12.5 Å². The van der Waals surface area contributed by atoms with Crippen molar-refractivity contribution in [2.24, 2.45) is 5.92 Å². The summed E-state index contributed by atoms with van der Waals surface area (Å²) in [6.07, 6.45) is 7.45. The Labute approximate surface area is 119 Å². The summed E-state index contributed by atoms with van der Waals surface area (Å²) in [7, 11) is 0. The molecule has 0 unspecified atom stereocenters. The molecule has 104 valence electrons. The van der Waals surface area contributed by atoms with Gasteiger partial charge in [0.05, 0.1) is 5.56 Å². The van der Waals surface area contributed by atoms with Gasteiger partial charge < -0.3 is 5.32 Å². The minimum atomic E-state index is -0.493. The number of benzene rings is 1. The van der Waals surface area contributed by atoms with Crippen LogP contribution in [-0.2, 0) is 0 Å². The van der Waals surface area contributed by atoms with Gasteiger partial charge in [0.25, 0.3) is 5.91 Å². The Kier molecular flexibility index (Phi) is 5.25. The average molecular weight is 281 g/mol. The van der Waals surface area contributed by atoms with E-state index >= 15 is 0 Å². The molecular weight excluding hydrogens is 261 g/mol. The fraction of sp³-hybridized carbons (Fsp3) is 0.533. The van der Waals surface area contributed by atoms with Crippen LogP contribution in [0, 0.1) is 11.7 Å². The van der Waals surface area contributed by atoms with Crippen molar-refractivity contribution < 1.29 is 9.18 Å². The van der Waals surface area contributed by atoms with Gasteiger partial charge in [-0.1, -0.05) is 32.1 Å². The van der Waals surface area contributed by atoms with Gasteiger partial charge in [0.1, 0.15) is 5.82 Å². The molecule has 1 N–H and O–H groups in total. The topological polar surface area (TPSA) is 29.1 Å². The summed E-state index contributed by atoms with van der Waals surface area (Å²) >= 11 is 4.12. The second-order valence-electron chi connectivity index (χ2n) is 5.21. The number of hydrogen-bond donors (Lipinski definition) is 2. The Morgan fingerprint density at radius 3 is 2.79 bits per heavy atom. The van der Waals surface area contributed by atoms with E-state index < -0.39 is 5.82 Å². The summed E-state index contributed by atoms with van der Waals surface area (Å²) in [5.74, 6) is -0.118. The predicted molar refractivity (Wildman–Crippen MR) is 77.2 cm³/mol. The lowest BCUT2D eigenvalue weighted by Gasteiger charge is -2.21. The molecule has 0 bridgehead atoms. The van der Waals surface area contributed by atoms with E-state index in [0.29, 0.717) is 11.4 Å². The molecule has 19 heavy (non-hydrogen) atoms. The van der Waals surface area contributed by atoms with Crippen molar-refractivity contribution in [3.8, 4) is 0 Å². The molecule has 1 amide bonds. The Balaban J connectivity index is 1.82. The molecule has 0 radical (unpaired) electrons. The van der Waals surface area contributed by atoms with Crippen LogP contribution in [0.15, 0.2) is 23.1 Å². The first-order chi connectivity index (χ1) is 9.16. The van der Waals surface area contributed by atoms with Crippen molar-refractivity contribution in [1.82, 2.24) is 5.32 Å². The van der Waals surface area contributed by atoms with Crippen LogP contribution in [0.2, 0.25) is 0 Å². The smallest absolute Gasteiger partial charge is 0.254 e. The maximum Gasteiger partial charge on any atom is 0.254 e. The highest BCUT2D eigenvalue weighted by Gasteiger charge is 2.15. The third-order valence-corrected chi connectivity index (χ3v) is 4.04. The zero-order valence-electron chi connectivity index (χ0n) is 11.0. The first-order valence-corrected chi connectivity index (χ1v) is 7.38. The van der Waals surface area contributed by atoms with Gasteiger partial charge >= 0.3 is 0 Å². The van der Waals surface area contributed by atoms with Crippen LogP contribution in [0.3, 0.4) is 0 Å². The van der Waals surface area contributed by atoms with Crippen LogP contribution >= 0.6 is 12.6 Å². The zero-order chi connectivity index (χ0) is 13.7. The van der Waals surface area contributed by atoms with Crippen LogP contribution in [0.1, 0.15) is 48.9 Å². The van der Waals surface area contributed by atoms with E-state index in [-0.39, 0.29) is 11.5 Å². The second-order valence-corrected chi connectivity index (χ2v) is 5.73. The molecule has 2 nitrogen and oxygen atoms in total. The summed E-state index contributed by atoms with van der Waals surface area (Å²) in [6.45, 7) is 0.625. The maximum absolute atomic E-state index is 13.5. The van der Waals surface area contributed by atoms with E-state index in [1.165, 1.54) is 50.3 Å². The lowest BCUT2D eigenvalue weighted by atomic mass is 9.87. The van der Waals surface area contributed by atoms with E-state index in [0.717, 1.165) is 12.3 Å². The molecule has 0 aliphatic heterocycles. The molecule has 1 aromatic rings. The SMILES string of the molecule is O=C(NCCC1CCCCC1)c1cc(S)ccc1F. The molecule has 1 aliphatic carbocycles. The summed E-state index contributed by atoms with van der Waals surface area (Å²) in [6, 6.07) is 4.28. The van der Waals surface area contributed by atoms with Crippen LogP contribution in [0.4, 0.5) is 4.39 Å². The molecule has 4 heteroatoms. The van der Waals surface area contributed by atoms with Crippen LogP contribution in [0.25, 0.3) is 0 Å². The second kappa shape index (κ2) is 6.94. The van der Waals surface area contributed by atoms with E-state index in [2.05, 4.69) is 17.9 Å². The average Bonchev–Trinajstić information content (AvgIpc) is 2.42. The normalized spacial score (nSPS) is 16.3. The molecule has 0 spiro atoms. The van der Waals surface area contributed by atoms with Gasteiger partial charge in [-0.2, -0.15) is 0 Å². The van der Waals surface area contributed by atoms with Gasteiger partial charge in [0, 0.05) is 11.4 Å². The van der Waals surface area contributed by atoms with Crippen molar-refractivity contribution in [3.05, 3.63) is 29.6 Å². The standard InChI is InChI=1S/C15H20FNOS/c16-14-7-6-12(19)10-13(14)15(18)17-9-8-11-4-2-1-3-5-11/h6-7,10-11,19H,1-5,8-9H2,(H,17,18). The number of nitrogens with one attached hydrogen (secondary N) is 1. The van der Waals surface area contributed by atoms with Crippen molar-refractivity contribution in [2.45, 2.75) is 43.4 Å². The first kappa shape index (κ1) is 14.4. The van der Waals surface area contributed by atoms with Crippen LogP contribution in [0.5, 0.6) is 0 Å². The molecular formula is C15H20FNOS. The summed E-state index contributed by atoms with van der Waals surface area (Å²) in [5, 5.41) is 2.80. The predicted octanol–water partition coefficient (Wildman–Crippen LogP) is 3.81. The molecule has 0 atom stereocenters. The maximum atomic E-state index is 13.5. The van der Waals surface area contributed by atoms with Crippen molar-refractivity contribution in [2.75, 3.05) is 6.54 Å². The largest absolute Gasteiger partial charge is 0.352 e. The minimum absolute atomic E-state index is 0.0798. The molecule has 2 rings (SSSR count). The number of halogens is 1. The van der Waals surface area contributed by atoms with E-state index in [1.54, 1.807) is 0 Å². The van der Waals surface area contributed by atoms with Gasteiger partial charge in [0.15, 0.2) is 0 Å². The van der Waals surface area contributed by atoms with Gasteiger partial charge in [0.2, 0.25) is 0 Å². The fourth-order valence-electron chi connectivity index (χ4n) is 2.65. The fourth-order valence-corrected chi connectivity index (χ4v) is 2.85. The lowest BCUT2D eigenvalue weighted by molar-refractivity contribution is 0.0946. The molecule has 0 aromatic heterocycles. The number of thiol groups is 1. The molecule has 0 heterocycles. The van der Waals surface area contributed by atoms with Crippen molar-refractivity contribution in [3.63, 3.8) is 0 Å². The highest BCUT2D eigenvalue weighted by molar-refractivity contribution is 7.80. The van der Waals surface area contributed by atoms with E-state index in [9.17, 15) is 9.18 Å². The third kappa shape index (κ3) is 4.23. The summed E-state index contributed by atoms with van der Waals surface area (Å²) in [4.78, 5) is 12.5. The van der Waals surface area contributed by atoms with E-state index in [4.69, 9.17) is 0 Å². The summed E-state index contributed by atoms with van der Waals surface area (Å²) in [5.41, 5.74) is 0.0798. The van der Waals surface area contributed by atoms with E-state index in [1.807, 2.05) is 0 Å². The molecule has 1 saturated carbocycles. The van der Waals surface area contributed by atoms with Crippen molar-refractivity contribution >= 4 is 18.5 Å². The Bertz CT molecular complexity index is 444. The van der Waals surface area contributed by atoms with Gasteiger partial charge in [-0.05, 0) is 30.5 Å². The minimum Gasteiger partial charge on any atom is -0.352 e. The molecule has 0 saturated heterocycles. The number of hydrogen-bond acceptors (Lipinski definition) is 2. The molecule has 1 aromatic carbocycles. The highest BCUT2D eigenvalue weighted by atomic mass is 32.1.